The van der Waals surface area contributed by atoms with Crippen molar-refractivity contribution in [2.75, 3.05) is 0 Å². The van der Waals surface area contributed by atoms with Gasteiger partial charge in [-0.3, -0.25) is 0 Å². The zero-order valence-corrected chi connectivity index (χ0v) is 13.8. The summed E-state index contributed by atoms with van der Waals surface area (Å²) in [6.45, 7) is 5.72. The molecule has 2 aromatic carbocycles. The Balaban J connectivity index is 2.06. The molecule has 0 amide bonds. The van der Waals surface area contributed by atoms with Gasteiger partial charge < -0.3 is 0 Å². The van der Waals surface area contributed by atoms with E-state index >= 15 is 0 Å². The first-order valence-corrected chi connectivity index (χ1v) is 8.94. The van der Waals surface area contributed by atoms with Gasteiger partial charge in [0.2, 0.25) is 10.0 Å². The number of hydrogen-bond donors (Lipinski definition) is 0. The summed E-state index contributed by atoms with van der Waals surface area (Å²) >= 11 is 0. The van der Waals surface area contributed by atoms with Gasteiger partial charge in [0.05, 0.1) is 17.0 Å². The molecule has 4 heteroatoms. The Morgan fingerprint density at radius 3 is 2.26 bits per heavy atom. The lowest BCUT2D eigenvalue weighted by molar-refractivity contribution is 0.378. The van der Waals surface area contributed by atoms with Crippen LogP contribution in [0, 0.1) is 6.92 Å². The SMILES string of the molecule is C=C[C@@H]1C=C[C@H](c2ccccc2)N1S(=O)(=O)c1ccc(C)cc1. The quantitative estimate of drug-likeness (QED) is 0.801. The van der Waals surface area contributed by atoms with Crippen molar-refractivity contribution in [3.8, 4) is 0 Å². The van der Waals surface area contributed by atoms with Crippen molar-refractivity contribution >= 4 is 10.0 Å². The molecule has 2 atom stereocenters. The van der Waals surface area contributed by atoms with Gasteiger partial charge in [0.15, 0.2) is 0 Å². The predicted molar refractivity (Wildman–Crippen MR) is 92.5 cm³/mol. The Hall–Kier alpha value is -2.17. The van der Waals surface area contributed by atoms with E-state index in [2.05, 4.69) is 6.58 Å². The van der Waals surface area contributed by atoms with Crippen LogP contribution in [0.3, 0.4) is 0 Å². The largest absolute Gasteiger partial charge is 0.244 e. The predicted octanol–water partition coefficient (Wildman–Crippen LogP) is 3.85. The third-order valence-electron chi connectivity index (χ3n) is 4.04. The molecule has 3 rings (SSSR count). The number of sulfonamides is 1. The summed E-state index contributed by atoms with van der Waals surface area (Å²) in [5.41, 5.74) is 1.98. The summed E-state index contributed by atoms with van der Waals surface area (Å²) in [5.74, 6) is 0. The Morgan fingerprint density at radius 1 is 1.00 bits per heavy atom. The van der Waals surface area contributed by atoms with E-state index in [0.717, 1.165) is 11.1 Å². The fraction of sp³-hybridized carbons (Fsp3) is 0.158. The Bertz CT molecular complexity index is 823. The minimum absolute atomic E-state index is 0.305. The molecule has 1 aliphatic rings. The van der Waals surface area contributed by atoms with Crippen LogP contribution in [-0.4, -0.2) is 18.8 Å². The van der Waals surface area contributed by atoms with Crippen LogP contribution in [0.2, 0.25) is 0 Å². The van der Waals surface area contributed by atoms with E-state index in [1.165, 1.54) is 4.31 Å². The fourth-order valence-electron chi connectivity index (χ4n) is 2.81. The molecule has 0 saturated heterocycles. The van der Waals surface area contributed by atoms with Gasteiger partial charge in [-0.2, -0.15) is 4.31 Å². The van der Waals surface area contributed by atoms with Crippen LogP contribution >= 0.6 is 0 Å². The van der Waals surface area contributed by atoms with Crippen LogP contribution in [-0.2, 0) is 10.0 Å². The molecule has 0 fully saturated rings. The highest BCUT2D eigenvalue weighted by Crippen LogP contribution is 2.36. The van der Waals surface area contributed by atoms with E-state index in [4.69, 9.17) is 0 Å². The molecule has 0 unspecified atom stereocenters. The zero-order valence-electron chi connectivity index (χ0n) is 13.0. The highest BCUT2D eigenvalue weighted by atomic mass is 32.2. The van der Waals surface area contributed by atoms with Gasteiger partial charge >= 0.3 is 0 Å². The van der Waals surface area contributed by atoms with Crippen LogP contribution in [0.4, 0.5) is 0 Å². The number of aryl methyl sites for hydroxylation is 1. The van der Waals surface area contributed by atoms with E-state index in [-0.39, 0.29) is 12.1 Å². The van der Waals surface area contributed by atoms with Crippen molar-refractivity contribution in [3.63, 3.8) is 0 Å². The molecule has 0 spiro atoms. The molecular formula is C19H19NO2S. The Kier molecular flexibility index (Phi) is 4.20. The minimum Gasteiger partial charge on any atom is -0.207 e. The van der Waals surface area contributed by atoms with Gasteiger partial charge in [-0.1, -0.05) is 66.3 Å². The molecular weight excluding hydrogens is 306 g/mol. The molecule has 3 nitrogen and oxygen atoms in total. The van der Waals surface area contributed by atoms with Gasteiger partial charge in [0.25, 0.3) is 0 Å². The summed E-state index contributed by atoms with van der Waals surface area (Å²) in [7, 11) is -3.61. The smallest absolute Gasteiger partial charge is 0.207 e. The number of benzene rings is 2. The summed E-state index contributed by atoms with van der Waals surface area (Å²) in [4.78, 5) is 0.305. The van der Waals surface area contributed by atoms with Crippen molar-refractivity contribution in [2.24, 2.45) is 0 Å². The van der Waals surface area contributed by atoms with Crippen molar-refractivity contribution in [1.29, 1.82) is 0 Å². The van der Waals surface area contributed by atoms with Crippen molar-refractivity contribution in [1.82, 2.24) is 4.31 Å². The molecule has 0 N–H and O–H groups in total. The standard InChI is InChI=1S/C19H19NO2S/c1-3-17-11-14-19(16-7-5-4-6-8-16)20(17)23(21,22)18-12-9-15(2)10-13-18/h3-14,17,19H,1H2,2H3/t17-,19-/m1/s1. The average Bonchev–Trinajstić information content (AvgIpc) is 3.01. The Morgan fingerprint density at radius 2 is 1.65 bits per heavy atom. The van der Waals surface area contributed by atoms with Crippen LogP contribution in [0.1, 0.15) is 17.2 Å². The van der Waals surface area contributed by atoms with Gasteiger partial charge in [-0.05, 0) is 24.6 Å². The van der Waals surface area contributed by atoms with Crippen molar-refractivity contribution < 1.29 is 8.42 Å². The average molecular weight is 325 g/mol. The second-order valence-electron chi connectivity index (χ2n) is 5.61. The van der Waals surface area contributed by atoms with Crippen molar-refractivity contribution in [2.45, 2.75) is 23.9 Å². The van der Waals surface area contributed by atoms with E-state index < -0.39 is 10.0 Å². The van der Waals surface area contributed by atoms with Gasteiger partial charge in [-0.25, -0.2) is 8.42 Å². The van der Waals surface area contributed by atoms with E-state index in [1.54, 1.807) is 18.2 Å². The lowest BCUT2D eigenvalue weighted by Crippen LogP contribution is -2.37. The molecule has 0 aromatic heterocycles. The maximum Gasteiger partial charge on any atom is 0.244 e. The van der Waals surface area contributed by atoms with Gasteiger partial charge in [-0.15, -0.1) is 6.58 Å². The maximum atomic E-state index is 13.1. The molecule has 118 valence electrons. The molecule has 1 heterocycles. The summed E-state index contributed by atoms with van der Waals surface area (Å²) in [6, 6.07) is 15.9. The number of hydrogen-bond acceptors (Lipinski definition) is 2. The maximum absolute atomic E-state index is 13.1. The topological polar surface area (TPSA) is 37.4 Å². The van der Waals surface area contributed by atoms with Crippen molar-refractivity contribution in [3.05, 3.63) is 90.5 Å². The van der Waals surface area contributed by atoms with E-state index in [1.807, 2.05) is 61.5 Å². The zero-order chi connectivity index (χ0) is 16.4. The molecule has 0 bridgehead atoms. The fourth-order valence-corrected chi connectivity index (χ4v) is 4.50. The van der Waals surface area contributed by atoms with Crippen LogP contribution < -0.4 is 0 Å². The molecule has 2 aromatic rings. The van der Waals surface area contributed by atoms with Crippen LogP contribution in [0.5, 0.6) is 0 Å². The third-order valence-corrected chi connectivity index (χ3v) is 5.93. The van der Waals surface area contributed by atoms with Crippen LogP contribution in [0.25, 0.3) is 0 Å². The third kappa shape index (κ3) is 2.87. The molecule has 0 aliphatic carbocycles. The van der Waals surface area contributed by atoms with E-state index in [9.17, 15) is 8.42 Å². The van der Waals surface area contributed by atoms with Crippen LogP contribution in [0.15, 0.2) is 84.3 Å². The summed E-state index contributed by atoms with van der Waals surface area (Å²) in [5, 5.41) is 0. The minimum atomic E-state index is -3.61. The highest BCUT2D eigenvalue weighted by molar-refractivity contribution is 7.89. The highest BCUT2D eigenvalue weighted by Gasteiger charge is 2.38. The first kappa shape index (κ1) is 15.7. The number of rotatable bonds is 4. The first-order valence-electron chi connectivity index (χ1n) is 7.50. The number of nitrogens with zero attached hydrogens (tertiary/aromatic N) is 1. The first-order chi connectivity index (χ1) is 11.0. The molecule has 1 aliphatic heterocycles. The molecule has 0 saturated carbocycles. The normalized spacial score (nSPS) is 21.4. The molecule has 23 heavy (non-hydrogen) atoms. The van der Waals surface area contributed by atoms with E-state index in [0.29, 0.717) is 4.90 Å². The van der Waals surface area contributed by atoms with Gasteiger partial charge in [0, 0.05) is 0 Å². The summed E-state index contributed by atoms with van der Waals surface area (Å²) in [6.07, 6.45) is 5.47. The second kappa shape index (κ2) is 6.14. The van der Waals surface area contributed by atoms with Gasteiger partial charge in [0.1, 0.15) is 0 Å². The second-order valence-corrected chi connectivity index (χ2v) is 7.46. The lowest BCUT2D eigenvalue weighted by atomic mass is 10.1. The Labute approximate surface area is 137 Å². The lowest BCUT2D eigenvalue weighted by Gasteiger charge is -2.28. The summed E-state index contributed by atoms with van der Waals surface area (Å²) < 4.78 is 27.8. The monoisotopic (exact) mass is 325 g/mol. The molecule has 0 radical (unpaired) electrons.